The zero-order valence-electron chi connectivity index (χ0n) is 17.0. The van der Waals surface area contributed by atoms with E-state index in [0.717, 1.165) is 41.6 Å². The fourth-order valence-corrected chi connectivity index (χ4v) is 4.35. The molecule has 0 saturated heterocycles. The van der Waals surface area contributed by atoms with Gasteiger partial charge >= 0.3 is 0 Å². The number of fused-ring (bicyclic) bond motifs is 1. The van der Waals surface area contributed by atoms with Gasteiger partial charge in [-0.3, -0.25) is 9.78 Å². The topological polar surface area (TPSA) is 68.0 Å². The van der Waals surface area contributed by atoms with Crippen LogP contribution >= 0.6 is 0 Å². The van der Waals surface area contributed by atoms with Gasteiger partial charge in [0.15, 0.2) is 0 Å². The molecule has 0 bridgehead atoms. The summed E-state index contributed by atoms with van der Waals surface area (Å²) in [6.07, 6.45) is 6.55. The predicted octanol–water partition coefficient (Wildman–Crippen LogP) is 4.44. The molecule has 0 saturated carbocycles. The Morgan fingerprint density at radius 2 is 1.69 bits per heavy atom. The van der Waals surface area contributed by atoms with Crippen LogP contribution in [0.5, 0.6) is 0 Å². The van der Waals surface area contributed by atoms with Gasteiger partial charge in [0.25, 0.3) is 0 Å². The Labute approximate surface area is 172 Å². The predicted molar refractivity (Wildman–Crippen MR) is 118 cm³/mol. The van der Waals surface area contributed by atoms with Gasteiger partial charge in [-0.1, -0.05) is 36.4 Å². The number of pyridine rings is 1. The first kappa shape index (κ1) is 19.3. The molecule has 0 unspecified atom stereocenters. The molecule has 2 atom stereocenters. The van der Waals surface area contributed by atoms with E-state index in [1.807, 2.05) is 36.7 Å². The van der Waals surface area contributed by atoms with E-state index in [4.69, 9.17) is 5.73 Å². The van der Waals surface area contributed by atoms with Crippen molar-refractivity contribution in [3.63, 3.8) is 0 Å². The van der Waals surface area contributed by atoms with E-state index in [0.29, 0.717) is 0 Å². The summed E-state index contributed by atoms with van der Waals surface area (Å²) in [7, 11) is 0. The number of amides is 1. The number of rotatable bonds is 4. The van der Waals surface area contributed by atoms with E-state index in [-0.39, 0.29) is 11.8 Å². The highest BCUT2D eigenvalue weighted by molar-refractivity contribution is 5.95. The summed E-state index contributed by atoms with van der Waals surface area (Å²) < 4.78 is 0. The van der Waals surface area contributed by atoms with Gasteiger partial charge in [-0.15, -0.1) is 0 Å². The van der Waals surface area contributed by atoms with Crippen molar-refractivity contribution in [3.8, 4) is 11.1 Å². The molecule has 4 rings (SSSR count). The van der Waals surface area contributed by atoms with Gasteiger partial charge in [0.2, 0.25) is 5.91 Å². The van der Waals surface area contributed by atoms with Crippen LogP contribution in [-0.2, 0) is 17.6 Å². The lowest BCUT2D eigenvalue weighted by molar-refractivity contribution is -0.118. The number of nitrogens with one attached hydrogen (secondary N) is 1. The molecule has 4 nitrogen and oxygen atoms in total. The van der Waals surface area contributed by atoms with Crippen LogP contribution in [0.1, 0.15) is 28.7 Å². The maximum atomic E-state index is 12.7. The molecule has 2 aromatic carbocycles. The van der Waals surface area contributed by atoms with Gasteiger partial charge in [-0.05, 0) is 84.5 Å². The van der Waals surface area contributed by atoms with E-state index in [1.165, 1.54) is 16.7 Å². The van der Waals surface area contributed by atoms with Crippen molar-refractivity contribution >= 4 is 11.6 Å². The minimum absolute atomic E-state index is 0.113. The minimum atomic E-state index is -0.507. The van der Waals surface area contributed by atoms with Crippen molar-refractivity contribution in [2.45, 2.75) is 39.2 Å². The van der Waals surface area contributed by atoms with Crippen LogP contribution in [-0.4, -0.2) is 16.9 Å². The van der Waals surface area contributed by atoms with Crippen molar-refractivity contribution in [1.29, 1.82) is 0 Å². The summed E-state index contributed by atoms with van der Waals surface area (Å²) in [5.74, 6) is 0.0599. The van der Waals surface area contributed by atoms with E-state index in [9.17, 15) is 4.79 Å². The summed E-state index contributed by atoms with van der Waals surface area (Å²) in [5, 5.41) is 2.99. The molecule has 1 heterocycles. The monoisotopic (exact) mass is 385 g/mol. The van der Waals surface area contributed by atoms with Crippen LogP contribution < -0.4 is 11.1 Å². The van der Waals surface area contributed by atoms with Crippen molar-refractivity contribution in [1.82, 2.24) is 4.98 Å². The number of benzene rings is 2. The average molecular weight is 386 g/mol. The maximum absolute atomic E-state index is 12.7. The van der Waals surface area contributed by atoms with Crippen LogP contribution in [0.4, 0.5) is 5.69 Å². The second-order valence-corrected chi connectivity index (χ2v) is 8.01. The van der Waals surface area contributed by atoms with Crippen molar-refractivity contribution < 1.29 is 4.79 Å². The Morgan fingerprint density at radius 1 is 1.03 bits per heavy atom. The van der Waals surface area contributed by atoms with E-state index >= 15 is 0 Å². The number of carbonyl (C=O) groups is 1. The summed E-state index contributed by atoms with van der Waals surface area (Å²) in [6.45, 7) is 4.12. The molecular weight excluding hydrogens is 358 g/mol. The number of hydrogen-bond donors (Lipinski definition) is 2. The molecule has 0 aliphatic heterocycles. The number of aryl methyl sites for hydroxylation is 3. The standard InChI is InChI=1S/C25H27N3O/c1-16-14-27-15-17(2)23(16)19-9-11-22(12-10-19)28-25(29)24(26)21-8-7-18-5-3-4-6-20(18)13-21/h3-6,9-12,14-15,21,24H,7-8,13,26H2,1-2H3,(H,28,29)/t21-,24-/m0/s1. The molecule has 3 N–H and O–H groups in total. The zero-order valence-corrected chi connectivity index (χ0v) is 17.0. The highest BCUT2D eigenvalue weighted by atomic mass is 16.2. The van der Waals surface area contributed by atoms with E-state index in [2.05, 4.69) is 48.4 Å². The molecule has 0 fully saturated rings. The third kappa shape index (κ3) is 4.08. The molecule has 1 amide bonds. The van der Waals surface area contributed by atoms with Gasteiger partial charge in [0.05, 0.1) is 6.04 Å². The Bertz CT molecular complexity index is 1010. The van der Waals surface area contributed by atoms with Crippen LogP contribution in [0.2, 0.25) is 0 Å². The molecule has 4 heteroatoms. The average Bonchev–Trinajstić information content (AvgIpc) is 2.74. The number of anilines is 1. The number of aromatic nitrogens is 1. The molecule has 29 heavy (non-hydrogen) atoms. The van der Waals surface area contributed by atoms with E-state index < -0.39 is 6.04 Å². The fraction of sp³-hybridized carbons (Fsp3) is 0.280. The van der Waals surface area contributed by atoms with Gasteiger partial charge in [-0.2, -0.15) is 0 Å². The molecule has 148 valence electrons. The quantitative estimate of drug-likeness (QED) is 0.698. The summed E-state index contributed by atoms with van der Waals surface area (Å²) >= 11 is 0. The molecule has 1 aromatic heterocycles. The summed E-state index contributed by atoms with van der Waals surface area (Å²) in [6, 6.07) is 15.9. The lowest BCUT2D eigenvalue weighted by Gasteiger charge is -2.28. The third-order valence-corrected chi connectivity index (χ3v) is 5.96. The SMILES string of the molecule is Cc1cncc(C)c1-c1ccc(NC(=O)[C@@H](N)[C@H]2CCc3ccccc3C2)cc1. The summed E-state index contributed by atoms with van der Waals surface area (Å²) in [4.78, 5) is 17.0. The Hall–Kier alpha value is -2.98. The number of carbonyl (C=O) groups excluding carboxylic acids is 1. The summed E-state index contributed by atoms with van der Waals surface area (Å²) in [5.41, 5.74) is 14.4. The van der Waals surface area contributed by atoms with Gasteiger partial charge in [0.1, 0.15) is 0 Å². The normalized spacial score (nSPS) is 16.7. The second-order valence-electron chi connectivity index (χ2n) is 8.01. The van der Waals surface area contributed by atoms with Crippen LogP contribution in [0.15, 0.2) is 60.9 Å². The Balaban J connectivity index is 1.43. The number of hydrogen-bond acceptors (Lipinski definition) is 3. The highest BCUT2D eigenvalue weighted by Gasteiger charge is 2.28. The zero-order chi connectivity index (χ0) is 20.4. The second kappa shape index (κ2) is 8.18. The fourth-order valence-electron chi connectivity index (χ4n) is 4.35. The molecule has 3 aromatic rings. The van der Waals surface area contributed by atoms with Crippen molar-refractivity contribution in [2.24, 2.45) is 11.7 Å². The van der Waals surface area contributed by atoms with Gasteiger partial charge in [-0.25, -0.2) is 0 Å². The lowest BCUT2D eigenvalue weighted by Crippen LogP contribution is -2.44. The Kier molecular flexibility index (Phi) is 5.45. The van der Waals surface area contributed by atoms with Gasteiger partial charge in [0, 0.05) is 18.1 Å². The first-order chi connectivity index (χ1) is 14.0. The van der Waals surface area contributed by atoms with Crippen molar-refractivity contribution in [2.75, 3.05) is 5.32 Å². The van der Waals surface area contributed by atoms with E-state index in [1.54, 1.807) is 0 Å². The first-order valence-electron chi connectivity index (χ1n) is 10.2. The van der Waals surface area contributed by atoms with Crippen LogP contribution in [0.25, 0.3) is 11.1 Å². The molecule has 1 aliphatic rings. The van der Waals surface area contributed by atoms with Crippen LogP contribution in [0, 0.1) is 19.8 Å². The van der Waals surface area contributed by atoms with Crippen molar-refractivity contribution in [3.05, 3.63) is 83.2 Å². The smallest absolute Gasteiger partial charge is 0.241 e. The van der Waals surface area contributed by atoms with Gasteiger partial charge < -0.3 is 11.1 Å². The molecule has 0 radical (unpaired) electrons. The molecular formula is C25H27N3O. The lowest BCUT2D eigenvalue weighted by atomic mass is 9.80. The first-order valence-corrected chi connectivity index (χ1v) is 10.2. The highest BCUT2D eigenvalue weighted by Crippen LogP contribution is 2.29. The number of nitrogens with two attached hydrogens (primary N) is 1. The number of nitrogens with zero attached hydrogens (tertiary/aromatic N) is 1. The maximum Gasteiger partial charge on any atom is 0.241 e. The molecule has 0 spiro atoms. The minimum Gasteiger partial charge on any atom is -0.325 e. The third-order valence-electron chi connectivity index (χ3n) is 5.96. The molecule has 1 aliphatic carbocycles. The Morgan fingerprint density at radius 3 is 2.38 bits per heavy atom. The largest absolute Gasteiger partial charge is 0.325 e. The van der Waals surface area contributed by atoms with Crippen LogP contribution in [0.3, 0.4) is 0 Å².